The molecule has 0 saturated carbocycles. The van der Waals surface area contributed by atoms with Crippen molar-refractivity contribution in [3.05, 3.63) is 63.7 Å². The maximum Gasteiger partial charge on any atom is 0.124 e. The van der Waals surface area contributed by atoms with Crippen molar-refractivity contribution in [1.82, 2.24) is 0 Å². The third kappa shape index (κ3) is 3.68. The summed E-state index contributed by atoms with van der Waals surface area (Å²) in [4.78, 5) is 0.322. The number of hydrogen-bond acceptors (Lipinski definition) is 1. The molecule has 0 saturated heterocycles. The summed E-state index contributed by atoms with van der Waals surface area (Å²) in [7, 11) is 1.73. The van der Waals surface area contributed by atoms with E-state index in [0.717, 1.165) is 12.2 Å². The highest BCUT2D eigenvalue weighted by Gasteiger charge is 2.13. The summed E-state index contributed by atoms with van der Waals surface area (Å²) in [5.41, 5.74) is 7.76. The Kier molecular flexibility index (Phi) is 5.10. The molecule has 0 fully saturated rings. The molecule has 1 unspecified atom stereocenters. The van der Waals surface area contributed by atoms with Crippen LogP contribution in [0.4, 0.5) is 0 Å². The van der Waals surface area contributed by atoms with Crippen LogP contribution < -0.4 is 4.74 Å². The number of benzene rings is 2. The molecule has 0 aliphatic heterocycles. The highest BCUT2D eigenvalue weighted by molar-refractivity contribution is 9.09. The van der Waals surface area contributed by atoms with Gasteiger partial charge in [0, 0.05) is 4.83 Å². The van der Waals surface area contributed by atoms with Gasteiger partial charge in [-0.15, -0.1) is 0 Å². The number of rotatable bonds is 4. The van der Waals surface area contributed by atoms with Gasteiger partial charge in [-0.05, 0) is 67.5 Å². The predicted molar refractivity (Wildman–Crippen MR) is 93.8 cm³/mol. The van der Waals surface area contributed by atoms with Gasteiger partial charge in [0.25, 0.3) is 0 Å². The van der Waals surface area contributed by atoms with Crippen LogP contribution in [0.5, 0.6) is 5.75 Å². The van der Waals surface area contributed by atoms with E-state index in [1.165, 1.54) is 33.4 Å². The van der Waals surface area contributed by atoms with Crippen LogP contribution in [0.15, 0.2) is 30.3 Å². The molecule has 112 valence electrons. The lowest BCUT2D eigenvalue weighted by Gasteiger charge is -2.16. The Bertz CT molecular complexity index is 623. The van der Waals surface area contributed by atoms with Crippen LogP contribution in [-0.4, -0.2) is 7.11 Å². The van der Waals surface area contributed by atoms with E-state index in [1.807, 2.05) is 0 Å². The largest absolute Gasteiger partial charge is 0.496 e. The van der Waals surface area contributed by atoms with Crippen LogP contribution in [-0.2, 0) is 6.42 Å². The van der Waals surface area contributed by atoms with Gasteiger partial charge >= 0.3 is 0 Å². The minimum atomic E-state index is 0.322. The second-order valence-corrected chi connectivity index (χ2v) is 6.88. The lowest BCUT2D eigenvalue weighted by molar-refractivity contribution is 0.408. The van der Waals surface area contributed by atoms with Crippen molar-refractivity contribution in [1.29, 1.82) is 0 Å². The minimum Gasteiger partial charge on any atom is -0.496 e. The summed E-state index contributed by atoms with van der Waals surface area (Å²) in [6.07, 6.45) is 0.992. The standard InChI is InChI=1S/C19H23BrO/c1-12-6-7-16(8-13(12)2)11-18(20)17-9-14(3)19(21-5)15(4)10-17/h6-10,18H,11H2,1-5H3. The van der Waals surface area contributed by atoms with Crippen LogP contribution in [0, 0.1) is 27.7 Å². The lowest BCUT2D eigenvalue weighted by atomic mass is 9.98. The first kappa shape index (κ1) is 16.1. The highest BCUT2D eigenvalue weighted by Crippen LogP contribution is 2.33. The number of aryl methyl sites for hydroxylation is 4. The molecule has 2 heteroatoms. The second kappa shape index (κ2) is 6.65. The first-order valence-electron chi connectivity index (χ1n) is 7.27. The Morgan fingerprint density at radius 2 is 1.52 bits per heavy atom. The molecule has 1 nitrogen and oxygen atoms in total. The molecule has 2 aromatic carbocycles. The maximum absolute atomic E-state index is 5.44. The molecule has 0 aromatic heterocycles. The van der Waals surface area contributed by atoms with E-state index in [4.69, 9.17) is 4.74 Å². The van der Waals surface area contributed by atoms with Gasteiger partial charge in [-0.25, -0.2) is 0 Å². The molecule has 0 heterocycles. The third-order valence-corrected chi connectivity index (χ3v) is 4.89. The van der Waals surface area contributed by atoms with Crippen LogP contribution in [0.3, 0.4) is 0 Å². The first-order valence-corrected chi connectivity index (χ1v) is 8.19. The molecule has 2 rings (SSSR count). The van der Waals surface area contributed by atoms with Crippen molar-refractivity contribution in [2.45, 2.75) is 38.9 Å². The smallest absolute Gasteiger partial charge is 0.124 e. The Morgan fingerprint density at radius 1 is 0.905 bits per heavy atom. The molecule has 0 spiro atoms. The van der Waals surface area contributed by atoms with Crippen molar-refractivity contribution in [2.75, 3.05) is 7.11 Å². The quantitative estimate of drug-likeness (QED) is 0.654. The SMILES string of the molecule is COc1c(C)cc(C(Br)Cc2ccc(C)c(C)c2)cc1C. The summed E-state index contributed by atoms with van der Waals surface area (Å²) in [6, 6.07) is 11.1. The molecule has 0 N–H and O–H groups in total. The van der Waals surface area contributed by atoms with Crippen LogP contribution >= 0.6 is 15.9 Å². The van der Waals surface area contributed by atoms with Crippen molar-refractivity contribution in [3.8, 4) is 5.75 Å². The van der Waals surface area contributed by atoms with Gasteiger partial charge in [0.05, 0.1) is 7.11 Å². The van der Waals surface area contributed by atoms with Crippen molar-refractivity contribution in [3.63, 3.8) is 0 Å². The molecule has 21 heavy (non-hydrogen) atoms. The number of ether oxygens (including phenoxy) is 1. The first-order chi connectivity index (χ1) is 9.92. The van der Waals surface area contributed by atoms with E-state index in [0.29, 0.717) is 4.83 Å². The van der Waals surface area contributed by atoms with Crippen LogP contribution in [0.1, 0.15) is 38.2 Å². The fourth-order valence-corrected chi connectivity index (χ4v) is 3.38. The molecule has 1 atom stereocenters. The van der Waals surface area contributed by atoms with Crippen LogP contribution in [0.25, 0.3) is 0 Å². The molecule has 0 bridgehead atoms. The van der Waals surface area contributed by atoms with Crippen molar-refractivity contribution >= 4 is 15.9 Å². The van der Waals surface area contributed by atoms with Crippen LogP contribution in [0.2, 0.25) is 0 Å². The topological polar surface area (TPSA) is 9.23 Å². The van der Waals surface area contributed by atoms with E-state index < -0.39 is 0 Å². The number of hydrogen-bond donors (Lipinski definition) is 0. The van der Waals surface area contributed by atoms with Gasteiger partial charge in [-0.3, -0.25) is 0 Å². The summed E-state index contributed by atoms with van der Waals surface area (Å²) >= 11 is 3.84. The van der Waals surface area contributed by atoms with Gasteiger partial charge in [-0.2, -0.15) is 0 Å². The second-order valence-electron chi connectivity index (χ2n) is 5.78. The summed E-state index contributed by atoms with van der Waals surface area (Å²) < 4.78 is 5.44. The zero-order valence-electron chi connectivity index (χ0n) is 13.5. The zero-order valence-corrected chi connectivity index (χ0v) is 15.0. The van der Waals surface area contributed by atoms with Gasteiger partial charge in [0.15, 0.2) is 0 Å². The fraction of sp³-hybridized carbons (Fsp3) is 0.368. The van der Waals surface area contributed by atoms with Crippen molar-refractivity contribution in [2.24, 2.45) is 0 Å². The van der Waals surface area contributed by atoms with E-state index in [-0.39, 0.29) is 0 Å². The normalized spacial score (nSPS) is 12.3. The molecule has 0 aliphatic rings. The Morgan fingerprint density at radius 3 is 2.05 bits per heavy atom. The lowest BCUT2D eigenvalue weighted by Crippen LogP contribution is -1.99. The maximum atomic E-state index is 5.44. The molecule has 0 amide bonds. The van der Waals surface area contributed by atoms with E-state index in [1.54, 1.807) is 7.11 Å². The van der Waals surface area contributed by atoms with Gasteiger partial charge < -0.3 is 4.74 Å². The minimum absolute atomic E-state index is 0.322. The Labute approximate surface area is 136 Å². The summed E-state index contributed by atoms with van der Waals surface area (Å²) in [6.45, 7) is 8.53. The average Bonchev–Trinajstić information content (AvgIpc) is 2.42. The average molecular weight is 347 g/mol. The number of halogens is 1. The van der Waals surface area contributed by atoms with E-state index >= 15 is 0 Å². The summed E-state index contributed by atoms with van der Waals surface area (Å²) in [5.74, 6) is 0.990. The predicted octanol–water partition coefficient (Wildman–Crippen LogP) is 5.61. The molecule has 2 aromatic rings. The number of alkyl halides is 1. The fourth-order valence-electron chi connectivity index (χ4n) is 2.74. The number of methoxy groups -OCH3 is 1. The highest BCUT2D eigenvalue weighted by atomic mass is 79.9. The molecular formula is C19H23BrO. The molecule has 0 aliphatic carbocycles. The van der Waals surface area contributed by atoms with E-state index in [9.17, 15) is 0 Å². The van der Waals surface area contributed by atoms with Gasteiger partial charge in [0.2, 0.25) is 0 Å². The van der Waals surface area contributed by atoms with Gasteiger partial charge in [0.1, 0.15) is 5.75 Å². The molecular weight excluding hydrogens is 324 g/mol. The summed E-state index contributed by atoms with van der Waals surface area (Å²) in [5, 5.41) is 0. The third-order valence-electron chi connectivity index (χ3n) is 4.03. The zero-order chi connectivity index (χ0) is 15.6. The van der Waals surface area contributed by atoms with Crippen molar-refractivity contribution < 1.29 is 4.74 Å². The van der Waals surface area contributed by atoms with Gasteiger partial charge in [-0.1, -0.05) is 46.3 Å². The Hall–Kier alpha value is -1.28. The monoisotopic (exact) mass is 346 g/mol. The molecule has 0 radical (unpaired) electrons. The Balaban J connectivity index is 2.24. The van der Waals surface area contributed by atoms with E-state index in [2.05, 4.69) is 74.0 Å².